The van der Waals surface area contributed by atoms with Gasteiger partial charge in [0, 0.05) is 0 Å². The molecule has 0 radical (unpaired) electrons. The molecule has 0 spiro atoms. The Labute approximate surface area is 324 Å². The number of rotatable bonds is 30. The molecule has 9 heteroatoms. The van der Waals surface area contributed by atoms with Crippen LogP contribution in [0.1, 0.15) is 105 Å². The van der Waals surface area contributed by atoms with Crippen LogP contribution in [0.15, 0.2) is 37.4 Å². The van der Waals surface area contributed by atoms with Gasteiger partial charge in [-0.3, -0.25) is 0 Å². The van der Waals surface area contributed by atoms with Crippen LogP contribution in [0.5, 0.6) is 0 Å². The fourth-order valence-corrected chi connectivity index (χ4v) is 21.4. The summed E-state index contributed by atoms with van der Waals surface area (Å²) in [5, 5.41) is 0. The van der Waals surface area contributed by atoms with Crippen LogP contribution in [0.4, 0.5) is 0 Å². The van der Waals surface area contributed by atoms with Crippen molar-refractivity contribution in [3.8, 4) is 0 Å². The molecule has 53 heavy (non-hydrogen) atoms. The first-order chi connectivity index (χ1) is 25.5. The predicted molar refractivity (Wildman–Crippen MR) is 218 cm³/mol. The maximum atomic E-state index is 15.4. The minimum absolute atomic E-state index is 0.136. The number of carbonyl (C=O) groups excluding carboxylic acids is 2. The first-order valence-corrected chi connectivity index (χ1v) is 26.4. The zero-order chi connectivity index (χ0) is 39.2. The Morgan fingerprint density at radius 1 is 0.547 bits per heavy atom. The molecular weight excluding hydrogens is 775 g/mol. The summed E-state index contributed by atoms with van der Waals surface area (Å²) in [6.07, 6.45) is 7.04. The Hall–Kier alpha value is -2.18. The molecule has 0 saturated heterocycles. The summed E-state index contributed by atoms with van der Waals surface area (Å²) in [5.41, 5.74) is 9.45. The van der Waals surface area contributed by atoms with Gasteiger partial charge in [-0.15, -0.1) is 13.2 Å². The summed E-state index contributed by atoms with van der Waals surface area (Å²) in [7, 11) is 0. The topological polar surface area (TPSA) is 89.5 Å². The van der Waals surface area contributed by atoms with E-state index in [-0.39, 0.29) is 7.60 Å². The summed E-state index contributed by atoms with van der Waals surface area (Å²) in [6.45, 7) is 29.4. The van der Waals surface area contributed by atoms with Crippen molar-refractivity contribution in [2.75, 3.05) is 66.1 Å². The standard InChI is InChI=1S/2C18H25O4.2C4H9.Sn/c2*1-5-6-20-7-8-21-9-10-22-13-18-15(3)11-14(2)17(12-19)16(18)4;2*1-3-4-2;/h2*5,11H,1,6-10,13H2,2-4H3;2*1,3-4H2,2H3;. The molecule has 0 aromatic heterocycles. The second kappa shape index (κ2) is 25.8. The molecule has 296 valence electrons. The molecule has 0 amide bonds. The van der Waals surface area contributed by atoms with E-state index in [1.165, 1.54) is 0 Å². The van der Waals surface area contributed by atoms with E-state index in [1.54, 1.807) is 12.2 Å². The molecular formula is C44H68O8Sn. The Kier molecular flexibility index (Phi) is 22.9. The van der Waals surface area contributed by atoms with Crippen LogP contribution >= 0.6 is 0 Å². The van der Waals surface area contributed by atoms with E-state index in [0.29, 0.717) is 88.2 Å². The van der Waals surface area contributed by atoms with Crippen LogP contribution in [0, 0.1) is 41.5 Å². The summed E-state index contributed by atoms with van der Waals surface area (Å²) in [5.74, 6) is 0. The van der Waals surface area contributed by atoms with Crippen molar-refractivity contribution >= 4 is 26.0 Å². The molecule has 8 nitrogen and oxygen atoms in total. The minimum atomic E-state index is -4.37. The molecule has 0 aliphatic rings. The number of ether oxygens (including phenoxy) is 6. The van der Waals surface area contributed by atoms with Crippen LogP contribution in [0.25, 0.3) is 0 Å². The normalized spacial score (nSPS) is 11.6. The Balaban J connectivity index is 2.44. The maximum absolute atomic E-state index is 15.4. The third kappa shape index (κ3) is 14.1. The predicted octanol–water partition coefficient (Wildman–Crippen LogP) is 9.20. The third-order valence-electron chi connectivity index (χ3n) is 9.95. The van der Waals surface area contributed by atoms with Gasteiger partial charge in [-0.1, -0.05) is 12.2 Å². The molecule has 0 N–H and O–H groups in total. The van der Waals surface area contributed by atoms with Gasteiger partial charge in [-0.2, -0.15) is 0 Å². The summed E-state index contributed by atoms with van der Waals surface area (Å²) in [6, 6.07) is 4.20. The SMILES string of the molecule is C=CCOCCOCCOCc1c(C)cc(C)c([C](=O)[Sn]([CH2]CCC)([CH2]CCC)[C](=O)c2c(C)cc(C)c(COCCOCCOCC=C)c2C)c1C. The molecule has 2 aromatic rings. The van der Waals surface area contributed by atoms with Gasteiger partial charge in [-0.25, -0.2) is 0 Å². The van der Waals surface area contributed by atoms with Crippen LogP contribution in [0.2, 0.25) is 8.87 Å². The van der Waals surface area contributed by atoms with Crippen molar-refractivity contribution in [2.24, 2.45) is 0 Å². The van der Waals surface area contributed by atoms with Gasteiger partial charge in [0.15, 0.2) is 0 Å². The molecule has 0 fully saturated rings. The van der Waals surface area contributed by atoms with E-state index in [2.05, 4.69) is 53.0 Å². The van der Waals surface area contributed by atoms with Crippen molar-refractivity contribution in [1.29, 1.82) is 0 Å². The molecule has 0 aliphatic heterocycles. The van der Waals surface area contributed by atoms with Crippen LogP contribution in [-0.2, 0) is 41.6 Å². The van der Waals surface area contributed by atoms with E-state index >= 15 is 9.59 Å². The number of hydrogen-bond acceptors (Lipinski definition) is 8. The third-order valence-corrected chi connectivity index (χ3v) is 23.2. The fraction of sp³-hybridized carbons (Fsp3) is 0.591. The molecule has 0 saturated carbocycles. The first kappa shape index (κ1) is 47.0. The monoisotopic (exact) mass is 844 g/mol. The van der Waals surface area contributed by atoms with Crippen molar-refractivity contribution in [2.45, 2.75) is 103 Å². The number of benzene rings is 2. The quantitative estimate of drug-likeness (QED) is 0.0437. The number of aryl methyl sites for hydroxylation is 4. The molecule has 0 bridgehead atoms. The Morgan fingerprint density at radius 3 is 1.23 bits per heavy atom. The summed E-state index contributed by atoms with van der Waals surface area (Å²) < 4.78 is 35.9. The molecule has 0 aliphatic carbocycles. The number of carbonyl (C=O) groups is 2. The summed E-state index contributed by atoms with van der Waals surface area (Å²) in [4.78, 5) is 30.8. The van der Waals surface area contributed by atoms with Crippen molar-refractivity contribution in [3.63, 3.8) is 0 Å². The van der Waals surface area contributed by atoms with Gasteiger partial charge in [0.1, 0.15) is 0 Å². The summed E-state index contributed by atoms with van der Waals surface area (Å²) >= 11 is -4.37. The van der Waals surface area contributed by atoms with Gasteiger partial charge in [-0.05, 0) is 0 Å². The van der Waals surface area contributed by atoms with E-state index in [4.69, 9.17) is 28.4 Å². The van der Waals surface area contributed by atoms with Gasteiger partial charge in [0.05, 0.1) is 13.2 Å². The van der Waals surface area contributed by atoms with Crippen LogP contribution in [0.3, 0.4) is 0 Å². The van der Waals surface area contributed by atoms with Crippen LogP contribution < -0.4 is 0 Å². The Bertz CT molecular complexity index is 1360. The molecule has 0 unspecified atom stereocenters. The first-order valence-electron chi connectivity index (χ1n) is 19.5. The van der Waals surface area contributed by atoms with Gasteiger partial charge in [0.2, 0.25) is 0 Å². The van der Waals surface area contributed by atoms with Gasteiger partial charge >= 0.3 is 288 Å². The second-order valence-corrected chi connectivity index (χ2v) is 25.6. The van der Waals surface area contributed by atoms with Crippen molar-refractivity contribution < 1.29 is 38.0 Å². The number of unbranched alkanes of at least 4 members (excludes halogenated alkanes) is 2. The molecule has 2 aromatic carbocycles. The fourth-order valence-electron chi connectivity index (χ4n) is 7.07. The average Bonchev–Trinajstić information content (AvgIpc) is 3.12. The van der Waals surface area contributed by atoms with Gasteiger partial charge in [0.25, 0.3) is 0 Å². The van der Waals surface area contributed by atoms with E-state index in [1.807, 2.05) is 27.7 Å². The molecule has 0 atom stereocenters. The van der Waals surface area contributed by atoms with E-state index in [0.717, 1.165) is 81.3 Å². The van der Waals surface area contributed by atoms with Crippen LogP contribution in [-0.4, -0.2) is 92.0 Å². The number of hydrogen-bond donors (Lipinski definition) is 0. The van der Waals surface area contributed by atoms with Crippen molar-refractivity contribution in [3.05, 3.63) is 93.1 Å². The zero-order valence-corrected chi connectivity index (χ0v) is 37.1. The molecule has 2 rings (SSSR count). The Morgan fingerprint density at radius 2 is 0.887 bits per heavy atom. The average molecular weight is 844 g/mol. The van der Waals surface area contributed by atoms with E-state index in [9.17, 15) is 0 Å². The van der Waals surface area contributed by atoms with E-state index < -0.39 is 18.4 Å². The van der Waals surface area contributed by atoms with Gasteiger partial charge < -0.3 is 0 Å². The molecule has 0 heterocycles. The van der Waals surface area contributed by atoms with Crippen molar-refractivity contribution in [1.82, 2.24) is 0 Å². The zero-order valence-electron chi connectivity index (χ0n) is 34.2. The second-order valence-electron chi connectivity index (χ2n) is 14.0.